The third-order valence-electron chi connectivity index (χ3n) is 7.92. The summed E-state index contributed by atoms with van der Waals surface area (Å²) in [5, 5.41) is 14.7. The molecule has 43 heavy (non-hydrogen) atoms. The molecule has 2 aliphatic rings. The molecule has 0 saturated carbocycles. The number of nitrogens with zero attached hydrogens (tertiary/aromatic N) is 5. The Morgan fingerprint density at radius 1 is 1.00 bits per heavy atom. The first-order valence-electron chi connectivity index (χ1n) is 14.9. The van der Waals surface area contributed by atoms with Gasteiger partial charge in [-0.2, -0.15) is 14.6 Å². The van der Waals surface area contributed by atoms with Gasteiger partial charge in [0.1, 0.15) is 11.4 Å². The topological polar surface area (TPSA) is 91.3 Å². The van der Waals surface area contributed by atoms with Gasteiger partial charge in [-0.15, -0.1) is 0 Å². The molecule has 0 spiro atoms. The Bertz CT molecular complexity index is 1580. The number of hydrogen-bond donors (Lipinski definition) is 2. The molecule has 0 unspecified atom stereocenters. The number of carbonyl (C=O) groups excluding carboxylic acids is 1. The van der Waals surface area contributed by atoms with E-state index in [-0.39, 0.29) is 11.3 Å². The Balaban J connectivity index is 0.000000463. The van der Waals surface area contributed by atoms with Crippen LogP contribution in [0.5, 0.6) is 0 Å². The number of aromatic amines is 1. The van der Waals surface area contributed by atoms with Crippen molar-refractivity contribution in [3.05, 3.63) is 59.6 Å². The summed E-state index contributed by atoms with van der Waals surface area (Å²) in [6.07, 6.45) is 7.18. The molecule has 0 aliphatic carbocycles. The van der Waals surface area contributed by atoms with Crippen LogP contribution in [0.3, 0.4) is 0 Å². The van der Waals surface area contributed by atoms with Crippen molar-refractivity contribution in [3.8, 4) is 11.1 Å². The summed E-state index contributed by atoms with van der Waals surface area (Å²) in [5.41, 5.74) is 3.27. The van der Waals surface area contributed by atoms with E-state index in [0.29, 0.717) is 18.8 Å². The molecular weight excluding hydrogens is 552 g/mol. The van der Waals surface area contributed by atoms with Gasteiger partial charge in [0.15, 0.2) is 0 Å². The number of likely N-dealkylation sites (tertiary alicyclic amines) is 1. The standard InChI is InChI=1S/C26H28F2N6O2.C6H13N/c1-15-9-20(27)21(31-25(35)19-14-30-34(24(19)28)26(2,3)4)12-18(15)16-10-17-13-29-32-23(17)22(11-16)33-5-7-36-8-6-33;1-7-5-3-2-4-6-7/h9-14H,5-8H2,1-4H3,(H,29,32)(H,31,35);2-6H2,1H3. The van der Waals surface area contributed by atoms with Crippen molar-refractivity contribution in [1.82, 2.24) is 24.9 Å². The number of piperidine rings is 1. The molecule has 9 nitrogen and oxygen atoms in total. The van der Waals surface area contributed by atoms with Crippen LogP contribution in [0.15, 0.2) is 36.7 Å². The highest BCUT2D eigenvalue weighted by Gasteiger charge is 2.25. The maximum atomic E-state index is 14.9. The highest BCUT2D eigenvalue weighted by Crippen LogP contribution is 2.36. The first kappa shape index (κ1) is 30.6. The van der Waals surface area contributed by atoms with E-state index >= 15 is 0 Å². The Kier molecular flexibility index (Phi) is 9.12. The average molecular weight is 594 g/mol. The minimum Gasteiger partial charge on any atom is -0.378 e. The third-order valence-corrected chi connectivity index (χ3v) is 7.92. The zero-order chi connectivity index (χ0) is 30.7. The number of benzene rings is 2. The van der Waals surface area contributed by atoms with Crippen LogP contribution in [0.1, 0.15) is 56.0 Å². The molecular formula is C32H41F2N7O2. The molecule has 1 amide bonds. The van der Waals surface area contributed by atoms with Crippen LogP contribution in [0, 0.1) is 18.7 Å². The highest BCUT2D eigenvalue weighted by atomic mass is 19.1. The van der Waals surface area contributed by atoms with Gasteiger partial charge in [0.05, 0.1) is 48.0 Å². The van der Waals surface area contributed by atoms with Gasteiger partial charge < -0.3 is 19.9 Å². The molecule has 0 atom stereocenters. The Labute approximate surface area is 251 Å². The van der Waals surface area contributed by atoms with Gasteiger partial charge in [0, 0.05) is 18.5 Å². The number of nitrogens with one attached hydrogen (secondary N) is 2. The Morgan fingerprint density at radius 2 is 1.72 bits per heavy atom. The van der Waals surface area contributed by atoms with Crippen molar-refractivity contribution in [2.45, 2.75) is 52.5 Å². The number of aromatic nitrogens is 4. The molecule has 4 heterocycles. The molecule has 2 aliphatic heterocycles. The largest absolute Gasteiger partial charge is 0.378 e. The summed E-state index contributed by atoms with van der Waals surface area (Å²) < 4.78 is 36.4. The Morgan fingerprint density at radius 3 is 2.35 bits per heavy atom. The van der Waals surface area contributed by atoms with Crippen molar-refractivity contribution in [1.29, 1.82) is 0 Å². The SMILES string of the molecule is CN1CCCCC1.Cc1cc(F)c(NC(=O)c2cnn(C(C)(C)C)c2F)cc1-c1cc(N2CCOCC2)c2[nH]ncc2c1. The van der Waals surface area contributed by atoms with Crippen LogP contribution in [0.4, 0.5) is 20.2 Å². The molecule has 230 valence electrons. The van der Waals surface area contributed by atoms with Crippen molar-refractivity contribution < 1.29 is 18.3 Å². The van der Waals surface area contributed by atoms with Gasteiger partial charge in [-0.05, 0) is 102 Å². The summed E-state index contributed by atoms with van der Waals surface area (Å²) in [4.78, 5) is 17.5. The number of rotatable bonds is 4. The molecule has 2 aromatic heterocycles. The minimum atomic E-state index is -0.770. The summed E-state index contributed by atoms with van der Waals surface area (Å²) in [7, 11) is 2.19. The molecule has 6 rings (SSSR count). The smallest absolute Gasteiger partial charge is 0.262 e. The van der Waals surface area contributed by atoms with E-state index in [4.69, 9.17) is 4.74 Å². The quantitative estimate of drug-likeness (QED) is 0.304. The molecule has 0 radical (unpaired) electrons. The lowest BCUT2D eigenvalue weighted by molar-refractivity contribution is 0.102. The van der Waals surface area contributed by atoms with Crippen molar-refractivity contribution in [2.24, 2.45) is 0 Å². The molecule has 2 fully saturated rings. The van der Waals surface area contributed by atoms with E-state index in [1.165, 1.54) is 38.4 Å². The third kappa shape index (κ3) is 6.88. The van der Waals surface area contributed by atoms with E-state index in [2.05, 4.69) is 37.5 Å². The van der Waals surface area contributed by atoms with Crippen LogP contribution in [0.2, 0.25) is 0 Å². The van der Waals surface area contributed by atoms with Gasteiger partial charge in [-0.3, -0.25) is 9.89 Å². The summed E-state index contributed by atoms with van der Waals surface area (Å²) in [6, 6.07) is 6.96. The number of aryl methyl sites for hydroxylation is 1. The normalized spacial score (nSPS) is 16.2. The monoisotopic (exact) mass is 593 g/mol. The van der Waals surface area contributed by atoms with Crippen molar-refractivity contribution in [3.63, 3.8) is 0 Å². The number of hydrogen-bond acceptors (Lipinski definition) is 6. The van der Waals surface area contributed by atoms with Crippen molar-refractivity contribution in [2.75, 3.05) is 56.7 Å². The first-order valence-corrected chi connectivity index (χ1v) is 14.9. The second-order valence-electron chi connectivity index (χ2n) is 12.3. The maximum absolute atomic E-state index is 14.9. The number of halogens is 2. The summed E-state index contributed by atoms with van der Waals surface area (Å²) >= 11 is 0. The fourth-order valence-electron chi connectivity index (χ4n) is 5.52. The predicted octanol–water partition coefficient (Wildman–Crippen LogP) is 5.96. The number of ether oxygens (including phenoxy) is 1. The van der Waals surface area contributed by atoms with Gasteiger partial charge >= 0.3 is 0 Å². The molecule has 2 saturated heterocycles. The van der Waals surface area contributed by atoms with Crippen LogP contribution in [-0.2, 0) is 10.3 Å². The number of carbonyl (C=O) groups is 1. The van der Waals surface area contributed by atoms with E-state index in [0.717, 1.165) is 51.7 Å². The molecule has 0 bridgehead atoms. The maximum Gasteiger partial charge on any atom is 0.262 e. The summed E-state index contributed by atoms with van der Waals surface area (Å²) in [6.45, 7) is 12.5. The van der Waals surface area contributed by atoms with E-state index in [9.17, 15) is 13.6 Å². The second kappa shape index (κ2) is 12.8. The lowest BCUT2D eigenvalue weighted by Gasteiger charge is -2.29. The van der Waals surface area contributed by atoms with Crippen molar-refractivity contribution >= 4 is 28.2 Å². The van der Waals surface area contributed by atoms with Gasteiger partial charge in [0.2, 0.25) is 5.95 Å². The molecule has 11 heteroatoms. The average Bonchev–Trinajstić information content (AvgIpc) is 3.62. The number of anilines is 2. The number of fused-ring (bicyclic) bond motifs is 1. The lowest BCUT2D eigenvalue weighted by Crippen LogP contribution is -2.36. The van der Waals surface area contributed by atoms with Crippen LogP contribution in [0.25, 0.3) is 22.0 Å². The van der Waals surface area contributed by atoms with Crippen LogP contribution >= 0.6 is 0 Å². The van der Waals surface area contributed by atoms with Gasteiger partial charge in [-0.25, -0.2) is 9.07 Å². The lowest BCUT2D eigenvalue weighted by atomic mass is 9.97. The van der Waals surface area contributed by atoms with E-state index in [1.54, 1.807) is 33.0 Å². The molecule has 4 aromatic rings. The fourth-order valence-corrected chi connectivity index (χ4v) is 5.52. The number of amides is 1. The highest BCUT2D eigenvalue weighted by molar-refractivity contribution is 6.04. The zero-order valence-electron chi connectivity index (χ0n) is 25.6. The Hall–Kier alpha value is -3.83. The number of morpholine rings is 1. The first-order chi connectivity index (χ1) is 20.5. The van der Waals surface area contributed by atoms with Crippen LogP contribution < -0.4 is 10.2 Å². The second-order valence-corrected chi connectivity index (χ2v) is 12.3. The number of H-pyrrole nitrogens is 1. The van der Waals surface area contributed by atoms with E-state index < -0.39 is 23.2 Å². The molecule has 2 N–H and O–H groups in total. The van der Waals surface area contributed by atoms with Crippen LogP contribution in [-0.4, -0.2) is 77.2 Å². The summed E-state index contributed by atoms with van der Waals surface area (Å²) in [5.74, 6) is -2.14. The predicted molar refractivity (Wildman–Crippen MR) is 166 cm³/mol. The minimum absolute atomic E-state index is 0.0382. The van der Waals surface area contributed by atoms with Gasteiger partial charge in [-0.1, -0.05) is 6.42 Å². The van der Waals surface area contributed by atoms with E-state index in [1.807, 2.05) is 19.1 Å². The van der Waals surface area contributed by atoms with Gasteiger partial charge in [0.25, 0.3) is 5.91 Å². The zero-order valence-corrected chi connectivity index (χ0v) is 25.6. The molecule has 2 aromatic carbocycles. The fraction of sp³-hybridized carbons (Fsp3) is 0.469.